The lowest BCUT2D eigenvalue weighted by molar-refractivity contribution is 0.0992. The maximum atomic E-state index is 13.2. The Kier molecular flexibility index (Phi) is 4.38. The third-order valence-corrected chi connectivity index (χ3v) is 4.12. The maximum absolute atomic E-state index is 13.2. The van der Waals surface area contributed by atoms with Crippen molar-refractivity contribution in [2.75, 3.05) is 0 Å². The van der Waals surface area contributed by atoms with Crippen LogP contribution >= 0.6 is 27.5 Å². The number of hydrogen-bond acceptors (Lipinski definition) is 1. The Morgan fingerprint density at radius 1 is 1.26 bits per heavy atom. The molecule has 1 nitrogen and oxygen atoms in total. The molecule has 0 aliphatic rings. The van der Waals surface area contributed by atoms with Crippen LogP contribution in [0.4, 0.5) is 4.39 Å². The fourth-order valence-corrected chi connectivity index (χ4v) is 2.27. The number of aryl methyl sites for hydroxylation is 1. The average Bonchev–Trinajstić information content (AvgIpc) is 2.37. The minimum atomic E-state index is -0.328. The number of ketones is 1. The van der Waals surface area contributed by atoms with E-state index in [9.17, 15) is 9.18 Å². The molecular weight excluding hydrogens is 331 g/mol. The molecular formula is C15H11BrClFO. The second kappa shape index (κ2) is 5.85. The molecule has 0 bridgehead atoms. The molecule has 0 spiro atoms. The van der Waals surface area contributed by atoms with E-state index in [0.717, 1.165) is 5.56 Å². The van der Waals surface area contributed by atoms with Gasteiger partial charge in [0.2, 0.25) is 0 Å². The highest BCUT2D eigenvalue weighted by molar-refractivity contribution is 9.10. The number of Topliss-reactive ketones (excluding diaryl/α,β-unsaturated/α-hetero) is 1. The molecule has 98 valence electrons. The predicted molar refractivity (Wildman–Crippen MR) is 78.3 cm³/mol. The fraction of sp³-hybridized carbons (Fsp3) is 0.133. The van der Waals surface area contributed by atoms with Gasteiger partial charge < -0.3 is 0 Å². The molecule has 2 rings (SSSR count). The minimum absolute atomic E-state index is 0.0638. The summed E-state index contributed by atoms with van der Waals surface area (Å²) < 4.78 is 13.9. The molecule has 4 heteroatoms. The molecule has 0 atom stereocenters. The molecule has 0 saturated heterocycles. The highest BCUT2D eigenvalue weighted by Gasteiger charge is 2.11. The van der Waals surface area contributed by atoms with Crippen molar-refractivity contribution in [2.24, 2.45) is 0 Å². The van der Waals surface area contributed by atoms with Crippen LogP contribution < -0.4 is 0 Å². The molecule has 0 saturated carbocycles. The second-order valence-corrected chi connectivity index (χ2v) is 5.56. The SMILES string of the molecule is Cc1ccc(F)cc1CC(=O)c1ccc(Cl)c(Br)c1. The summed E-state index contributed by atoms with van der Waals surface area (Å²) in [5.41, 5.74) is 2.17. The van der Waals surface area contributed by atoms with E-state index in [1.54, 1.807) is 24.3 Å². The molecule has 0 unspecified atom stereocenters. The molecule has 0 N–H and O–H groups in total. The zero-order chi connectivity index (χ0) is 14.0. The first-order valence-electron chi connectivity index (χ1n) is 5.70. The summed E-state index contributed by atoms with van der Waals surface area (Å²) in [6.45, 7) is 1.86. The van der Waals surface area contributed by atoms with E-state index in [1.165, 1.54) is 12.1 Å². The van der Waals surface area contributed by atoms with Crippen molar-refractivity contribution >= 4 is 33.3 Å². The summed E-state index contributed by atoms with van der Waals surface area (Å²) in [5.74, 6) is -0.392. The molecule has 0 fully saturated rings. The Balaban J connectivity index is 2.25. The van der Waals surface area contributed by atoms with E-state index in [2.05, 4.69) is 15.9 Å². The van der Waals surface area contributed by atoms with Crippen LogP contribution in [0.2, 0.25) is 5.02 Å². The van der Waals surface area contributed by atoms with Crippen LogP contribution in [0.1, 0.15) is 21.5 Å². The third-order valence-electron chi connectivity index (χ3n) is 2.90. The summed E-state index contributed by atoms with van der Waals surface area (Å²) in [6, 6.07) is 9.48. The van der Waals surface area contributed by atoms with Crippen LogP contribution in [0.5, 0.6) is 0 Å². The van der Waals surface area contributed by atoms with Gasteiger partial charge in [0.05, 0.1) is 5.02 Å². The van der Waals surface area contributed by atoms with Gasteiger partial charge in [0.25, 0.3) is 0 Å². The Bertz CT molecular complexity index is 640. The number of carbonyl (C=O) groups is 1. The van der Waals surface area contributed by atoms with Crippen molar-refractivity contribution < 1.29 is 9.18 Å². The van der Waals surface area contributed by atoms with Crippen LogP contribution in [0.3, 0.4) is 0 Å². The van der Waals surface area contributed by atoms with Gasteiger partial charge in [-0.15, -0.1) is 0 Å². The zero-order valence-corrected chi connectivity index (χ0v) is 12.6. The lowest BCUT2D eigenvalue weighted by Crippen LogP contribution is -2.05. The first kappa shape index (κ1) is 14.2. The monoisotopic (exact) mass is 340 g/mol. The number of benzene rings is 2. The summed E-state index contributed by atoms with van der Waals surface area (Å²) in [5, 5.41) is 0.554. The van der Waals surface area contributed by atoms with Crippen LogP contribution in [-0.2, 0) is 6.42 Å². The van der Waals surface area contributed by atoms with Crippen molar-refractivity contribution in [3.8, 4) is 0 Å². The summed E-state index contributed by atoms with van der Waals surface area (Å²) in [6.07, 6.45) is 0.178. The lowest BCUT2D eigenvalue weighted by Gasteiger charge is -2.06. The van der Waals surface area contributed by atoms with Gasteiger partial charge >= 0.3 is 0 Å². The van der Waals surface area contributed by atoms with Crippen molar-refractivity contribution in [1.82, 2.24) is 0 Å². The Morgan fingerprint density at radius 3 is 2.68 bits per heavy atom. The van der Waals surface area contributed by atoms with Gasteiger partial charge in [0, 0.05) is 16.5 Å². The van der Waals surface area contributed by atoms with E-state index < -0.39 is 0 Å². The quantitative estimate of drug-likeness (QED) is 0.720. The Hall–Kier alpha value is -1.19. The molecule has 0 radical (unpaired) electrons. The van der Waals surface area contributed by atoms with Gasteiger partial charge in [-0.3, -0.25) is 4.79 Å². The summed E-state index contributed by atoms with van der Waals surface area (Å²) in [7, 11) is 0. The number of halogens is 3. The molecule has 2 aromatic carbocycles. The highest BCUT2D eigenvalue weighted by atomic mass is 79.9. The lowest BCUT2D eigenvalue weighted by atomic mass is 9.99. The van der Waals surface area contributed by atoms with Crippen molar-refractivity contribution in [3.63, 3.8) is 0 Å². The van der Waals surface area contributed by atoms with Gasteiger partial charge in [-0.25, -0.2) is 4.39 Å². The molecule has 19 heavy (non-hydrogen) atoms. The first-order chi connectivity index (χ1) is 8.97. The topological polar surface area (TPSA) is 17.1 Å². The summed E-state index contributed by atoms with van der Waals surface area (Å²) in [4.78, 5) is 12.2. The molecule has 0 heterocycles. The van der Waals surface area contributed by atoms with E-state index in [0.29, 0.717) is 20.6 Å². The number of carbonyl (C=O) groups excluding carboxylic acids is 1. The number of hydrogen-bond donors (Lipinski definition) is 0. The Labute approximate surface area is 124 Å². The largest absolute Gasteiger partial charge is 0.294 e. The van der Waals surface area contributed by atoms with Gasteiger partial charge in [0.1, 0.15) is 5.82 Å². The zero-order valence-electron chi connectivity index (χ0n) is 10.2. The van der Waals surface area contributed by atoms with Crippen molar-refractivity contribution in [3.05, 3.63) is 68.4 Å². The van der Waals surface area contributed by atoms with E-state index in [1.807, 2.05) is 6.92 Å². The van der Waals surface area contributed by atoms with Crippen LogP contribution in [0.15, 0.2) is 40.9 Å². The molecule has 0 amide bonds. The first-order valence-corrected chi connectivity index (χ1v) is 6.88. The molecule has 0 aromatic heterocycles. The molecule has 2 aromatic rings. The second-order valence-electron chi connectivity index (χ2n) is 4.30. The Morgan fingerprint density at radius 2 is 2.00 bits per heavy atom. The minimum Gasteiger partial charge on any atom is -0.294 e. The van der Waals surface area contributed by atoms with Gasteiger partial charge in [-0.2, -0.15) is 0 Å². The van der Waals surface area contributed by atoms with E-state index >= 15 is 0 Å². The van der Waals surface area contributed by atoms with Gasteiger partial charge in [0.15, 0.2) is 5.78 Å². The normalized spacial score (nSPS) is 10.5. The van der Waals surface area contributed by atoms with Gasteiger partial charge in [-0.1, -0.05) is 17.7 Å². The van der Waals surface area contributed by atoms with Crippen LogP contribution in [0.25, 0.3) is 0 Å². The van der Waals surface area contributed by atoms with Crippen LogP contribution in [-0.4, -0.2) is 5.78 Å². The van der Waals surface area contributed by atoms with Gasteiger partial charge in [-0.05, 0) is 64.3 Å². The fourth-order valence-electron chi connectivity index (χ4n) is 1.78. The highest BCUT2D eigenvalue weighted by Crippen LogP contribution is 2.24. The summed E-state index contributed by atoms with van der Waals surface area (Å²) >= 11 is 9.17. The third kappa shape index (κ3) is 3.43. The standard InChI is InChI=1S/C15H11BrClFO/c1-9-2-4-12(18)6-11(9)8-15(19)10-3-5-14(17)13(16)7-10/h2-7H,8H2,1H3. The average molecular weight is 342 g/mol. The van der Waals surface area contributed by atoms with E-state index in [4.69, 9.17) is 11.6 Å². The van der Waals surface area contributed by atoms with Crippen LogP contribution in [0, 0.1) is 12.7 Å². The number of rotatable bonds is 3. The van der Waals surface area contributed by atoms with Crippen molar-refractivity contribution in [2.45, 2.75) is 13.3 Å². The predicted octanol–water partition coefficient (Wildman–Crippen LogP) is 4.98. The smallest absolute Gasteiger partial charge is 0.167 e. The maximum Gasteiger partial charge on any atom is 0.167 e. The van der Waals surface area contributed by atoms with Crippen molar-refractivity contribution in [1.29, 1.82) is 0 Å². The molecule has 0 aliphatic carbocycles. The molecule has 0 aliphatic heterocycles. The van der Waals surface area contributed by atoms with E-state index in [-0.39, 0.29) is 18.0 Å².